The van der Waals surface area contributed by atoms with Crippen LogP contribution < -0.4 is 4.74 Å². The fourth-order valence-electron chi connectivity index (χ4n) is 2.19. The second kappa shape index (κ2) is 4.33. The molecule has 5 heteroatoms. The smallest absolute Gasteiger partial charge is 0.198 e. The molecule has 0 aromatic carbocycles. The number of aromatic nitrogens is 3. The monoisotopic (exact) mass is 233 g/mol. The standard InChI is InChI=1S/C12H15N3O2/c1-16-10-3-2-6-15-12(10)13-11(14-15)9-4-7-17-8-5-9/h2-3,6,9H,4-5,7-8H2,1H3. The molecular weight excluding hydrogens is 218 g/mol. The highest BCUT2D eigenvalue weighted by Gasteiger charge is 2.21. The molecule has 0 N–H and O–H groups in total. The minimum absolute atomic E-state index is 0.411. The third-order valence-electron chi connectivity index (χ3n) is 3.15. The van der Waals surface area contributed by atoms with Crippen LogP contribution in [0.5, 0.6) is 5.75 Å². The average molecular weight is 233 g/mol. The molecule has 0 bridgehead atoms. The summed E-state index contributed by atoms with van der Waals surface area (Å²) in [4.78, 5) is 4.58. The topological polar surface area (TPSA) is 48.7 Å². The minimum Gasteiger partial charge on any atom is -0.493 e. The van der Waals surface area contributed by atoms with Crippen LogP contribution in [0.1, 0.15) is 24.6 Å². The Balaban J connectivity index is 2.00. The molecule has 0 aliphatic carbocycles. The molecular formula is C12H15N3O2. The van der Waals surface area contributed by atoms with Crippen LogP contribution in [0.2, 0.25) is 0 Å². The summed E-state index contributed by atoms with van der Waals surface area (Å²) in [6, 6.07) is 3.81. The van der Waals surface area contributed by atoms with Gasteiger partial charge < -0.3 is 9.47 Å². The molecule has 1 saturated heterocycles. The Morgan fingerprint density at radius 2 is 2.24 bits per heavy atom. The summed E-state index contributed by atoms with van der Waals surface area (Å²) in [6.45, 7) is 1.61. The van der Waals surface area contributed by atoms with Gasteiger partial charge in [0.05, 0.1) is 7.11 Å². The summed E-state index contributed by atoms with van der Waals surface area (Å²) in [5, 5.41) is 4.52. The zero-order valence-corrected chi connectivity index (χ0v) is 9.80. The van der Waals surface area contributed by atoms with Crippen molar-refractivity contribution in [2.45, 2.75) is 18.8 Å². The fraction of sp³-hybridized carbons (Fsp3) is 0.500. The van der Waals surface area contributed by atoms with Crippen molar-refractivity contribution in [3.63, 3.8) is 0 Å². The van der Waals surface area contributed by atoms with Crippen molar-refractivity contribution in [1.29, 1.82) is 0 Å². The molecule has 0 amide bonds. The lowest BCUT2D eigenvalue weighted by molar-refractivity contribution is 0.0836. The van der Waals surface area contributed by atoms with Crippen LogP contribution in [0.25, 0.3) is 5.65 Å². The first-order chi connectivity index (χ1) is 8.38. The molecule has 3 heterocycles. The summed E-state index contributed by atoms with van der Waals surface area (Å²) in [6.07, 6.45) is 3.89. The molecule has 1 fully saturated rings. The summed E-state index contributed by atoms with van der Waals surface area (Å²) in [5.74, 6) is 2.07. The zero-order chi connectivity index (χ0) is 11.7. The first kappa shape index (κ1) is 10.5. The van der Waals surface area contributed by atoms with Gasteiger partial charge in [0.2, 0.25) is 0 Å². The van der Waals surface area contributed by atoms with Gasteiger partial charge in [-0.3, -0.25) is 0 Å². The van der Waals surface area contributed by atoms with Crippen LogP contribution in [0.3, 0.4) is 0 Å². The lowest BCUT2D eigenvalue weighted by atomic mass is 10.00. The van der Waals surface area contributed by atoms with Crippen molar-refractivity contribution < 1.29 is 9.47 Å². The van der Waals surface area contributed by atoms with Gasteiger partial charge in [-0.25, -0.2) is 9.50 Å². The molecule has 2 aromatic rings. The SMILES string of the molecule is COc1cccn2nc(C3CCOCC3)nc12. The molecule has 5 nitrogen and oxygen atoms in total. The van der Waals surface area contributed by atoms with Crippen molar-refractivity contribution in [2.24, 2.45) is 0 Å². The predicted molar refractivity (Wildman–Crippen MR) is 62.3 cm³/mol. The van der Waals surface area contributed by atoms with E-state index in [1.54, 1.807) is 11.6 Å². The van der Waals surface area contributed by atoms with Gasteiger partial charge in [-0.1, -0.05) is 0 Å². The number of hydrogen-bond acceptors (Lipinski definition) is 4. The van der Waals surface area contributed by atoms with E-state index in [0.717, 1.165) is 43.3 Å². The molecule has 1 aliphatic rings. The van der Waals surface area contributed by atoms with Crippen molar-refractivity contribution >= 4 is 5.65 Å². The van der Waals surface area contributed by atoms with Gasteiger partial charge in [-0.2, -0.15) is 5.10 Å². The largest absolute Gasteiger partial charge is 0.493 e. The minimum atomic E-state index is 0.411. The van der Waals surface area contributed by atoms with E-state index in [4.69, 9.17) is 9.47 Å². The Morgan fingerprint density at radius 3 is 3.00 bits per heavy atom. The highest BCUT2D eigenvalue weighted by atomic mass is 16.5. The summed E-state index contributed by atoms with van der Waals surface area (Å²) < 4.78 is 12.4. The van der Waals surface area contributed by atoms with Crippen LogP contribution in [0, 0.1) is 0 Å². The van der Waals surface area contributed by atoms with E-state index in [2.05, 4.69) is 10.1 Å². The quantitative estimate of drug-likeness (QED) is 0.791. The van der Waals surface area contributed by atoms with E-state index < -0.39 is 0 Å². The molecule has 1 aliphatic heterocycles. The Morgan fingerprint density at radius 1 is 1.41 bits per heavy atom. The molecule has 2 aromatic heterocycles. The second-order valence-electron chi connectivity index (χ2n) is 4.20. The Bertz CT molecular complexity index is 517. The molecule has 0 atom stereocenters. The second-order valence-corrected chi connectivity index (χ2v) is 4.20. The number of methoxy groups -OCH3 is 1. The first-order valence-electron chi connectivity index (χ1n) is 5.85. The Kier molecular flexibility index (Phi) is 2.68. The third-order valence-corrected chi connectivity index (χ3v) is 3.15. The van der Waals surface area contributed by atoms with Crippen molar-refractivity contribution in [3.05, 3.63) is 24.2 Å². The van der Waals surface area contributed by atoms with Gasteiger partial charge in [-0.15, -0.1) is 0 Å². The van der Waals surface area contributed by atoms with E-state index in [-0.39, 0.29) is 0 Å². The number of pyridine rings is 1. The van der Waals surface area contributed by atoms with Crippen LogP contribution in [-0.4, -0.2) is 34.9 Å². The van der Waals surface area contributed by atoms with Crippen molar-refractivity contribution in [2.75, 3.05) is 20.3 Å². The van der Waals surface area contributed by atoms with Crippen LogP contribution in [-0.2, 0) is 4.74 Å². The number of nitrogens with zero attached hydrogens (tertiary/aromatic N) is 3. The average Bonchev–Trinajstić information content (AvgIpc) is 2.83. The third kappa shape index (κ3) is 1.86. The van der Waals surface area contributed by atoms with Gasteiger partial charge in [0.15, 0.2) is 17.2 Å². The Hall–Kier alpha value is -1.62. The molecule has 0 unspecified atom stereocenters. The van der Waals surface area contributed by atoms with Crippen LogP contribution in [0.4, 0.5) is 0 Å². The van der Waals surface area contributed by atoms with Crippen LogP contribution in [0.15, 0.2) is 18.3 Å². The van der Waals surface area contributed by atoms with Gasteiger partial charge in [0, 0.05) is 25.3 Å². The summed E-state index contributed by atoms with van der Waals surface area (Å²) in [7, 11) is 1.65. The number of hydrogen-bond donors (Lipinski definition) is 0. The molecule has 0 spiro atoms. The number of ether oxygens (including phenoxy) is 2. The fourth-order valence-corrected chi connectivity index (χ4v) is 2.19. The van der Waals surface area contributed by atoms with Gasteiger partial charge in [-0.05, 0) is 25.0 Å². The molecule has 0 radical (unpaired) electrons. The highest BCUT2D eigenvalue weighted by molar-refractivity contribution is 5.52. The van der Waals surface area contributed by atoms with Crippen molar-refractivity contribution in [3.8, 4) is 5.75 Å². The maximum atomic E-state index is 5.35. The van der Waals surface area contributed by atoms with E-state index in [9.17, 15) is 0 Å². The van der Waals surface area contributed by atoms with E-state index in [1.165, 1.54) is 0 Å². The maximum absolute atomic E-state index is 5.35. The summed E-state index contributed by atoms with van der Waals surface area (Å²) >= 11 is 0. The summed E-state index contributed by atoms with van der Waals surface area (Å²) in [5.41, 5.74) is 0.788. The molecule has 17 heavy (non-hydrogen) atoms. The lowest BCUT2D eigenvalue weighted by Gasteiger charge is -2.18. The van der Waals surface area contributed by atoms with Gasteiger partial charge >= 0.3 is 0 Å². The predicted octanol–water partition coefficient (Wildman–Crippen LogP) is 1.63. The van der Waals surface area contributed by atoms with E-state index in [1.807, 2.05) is 18.3 Å². The molecule has 90 valence electrons. The number of fused-ring (bicyclic) bond motifs is 1. The van der Waals surface area contributed by atoms with Crippen molar-refractivity contribution in [1.82, 2.24) is 14.6 Å². The van der Waals surface area contributed by atoms with Gasteiger partial charge in [0.25, 0.3) is 0 Å². The zero-order valence-electron chi connectivity index (χ0n) is 9.80. The Labute approximate surface area is 99.4 Å². The number of rotatable bonds is 2. The molecule has 0 saturated carbocycles. The van der Waals surface area contributed by atoms with E-state index in [0.29, 0.717) is 5.92 Å². The lowest BCUT2D eigenvalue weighted by Crippen LogP contribution is -2.15. The van der Waals surface area contributed by atoms with Gasteiger partial charge in [0.1, 0.15) is 0 Å². The van der Waals surface area contributed by atoms with Crippen LogP contribution >= 0.6 is 0 Å². The first-order valence-corrected chi connectivity index (χ1v) is 5.85. The normalized spacial score (nSPS) is 17.5. The molecule has 3 rings (SSSR count). The maximum Gasteiger partial charge on any atom is 0.198 e. The van der Waals surface area contributed by atoms with E-state index >= 15 is 0 Å². The highest BCUT2D eigenvalue weighted by Crippen LogP contribution is 2.26.